The lowest BCUT2D eigenvalue weighted by molar-refractivity contribution is 0.0980. The molecule has 6 nitrogen and oxygen atoms in total. The molecule has 1 aromatic heterocycles. The molecule has 7 heteroatoms. The lowest BCUT2D eigenvalue weighted by Crippen LogP contribution is -2.35. The van der Waals surface area contributed by atoms with E-state index < -0.39 is 0 Å². The quantitative estimate of drug-likeness (QED) is 0.914. The maximum Gasteiger partial charge on any atom is 0.280 e. The fourth-order valence-electron chi connectivity index (χ4n) is 3.54. The molecule has 4 rings (SSSR count). The van der Waals surface area contributed by atoms with E-state index in [9.17, 15) is 9.18 Å². The molecule has 1 saturated heterocycles. The molecule has 0 bridgehead atoms. The standard InChI is InChI=1S/C17H20FN5O/c18-13-3-4-16-12(10-13)2-1-9-22(16)17(24)15-11-23(21-20-15)14-5-7-19-8-6-14/h3-4,10-11,14,19H,1-2,5-9H2. The summed E-state index contributed by atoms with van der Waals surface area (Å²) in [5.41, 5.74) is 2.01. The Morgan fingerprint density at radius 3 is 2.96 bits per heavy atom. The van der Waals surface area contributed by atoms with Gasteiger partial charge in [0.05, 0.1) is 12.2 Å². The van der Waals surface area contributed by atoms with Crippen LogP contribution in [0.1, 0.15) is 41.4 Å². The Morgan fingerprint density at radius 2 is 2.12 bits per heavy atom. The molecule has 1 fully saturated rings. The van der Waals surface area contributed by atoms with Crippen LogP contribution in [0.3, 0.4) is 0 Å². The predicted molar refractivity (Wildman–Crippen MR) is 87.6 cm³/mol. The molecule has 0 atom stereocenters. The summed E-state index contributed by atoms with van der Waals surface area (Å²) in [4.78, 5) is 14.5. The van der Waals surface area contributed by atoms with Crippen LogP contribution in [0.15, 0.2) is 24.4 Å². The van der Waals surface area contributed by atoms with Crippen molar-refractivity contribution in [1.29, 1.82) is 0 Å². The molecule has 2 aliphatic heterocycles. The first-order valence-corrected chi connectivity index (χ1v) is 8.45. The highest BCUT2D eigenvalue weighted by Gasteiger charge is 2.27. The molecule has 2 aromatic rings. The molecule has 0 saturated carbocycles. The zero-order valence-corrected chi connectivity index (χ0v) is 13.4. The van der Waals surface area contributed by atoms with E-state index in [1.807, 2.05) is 4.68 Å². The normalized spacial score (nSPS) is 18.5. The van der Waals surface area contributed by atoms with Crippen molar-refractivity contribution >= 4 is 11.6 Å². The summed E-state index contributed by atoms with van der Waals surface area (Å²) in [5.74, 6) is -0.428. The molecule has 0 radical (unpaired) electrons. The molecule has 24 heavy (non-hydrogen) atoms. The van der Waals surface area contributed by atoms with Gasteiger partial charge in [0.15, 0.2) is 5.69 Å². The van der Waals surface area contributed by atoms with Gasteiger partial charge in [-0.3, -0.25) is 4.79 Å². The third kappa shape index (κ3) is 2.80. The number of piperidine rings is 1. The van der Waals surface area contributed by atoms with Crippen LogP contribution < -0.4 is 10.2 Å². The van der Waals surface area contributed by atoms with Gasteiger partial charge in [0.25, 0.3) is 5.91 Å². The molecular weight excluding hydrogens is 309 g/mol. The molecule has 0 aliphatic carbocycles. The highest BCUT2D eigenvalue weighted by Crippen LogP contribution is 2.29. The summed E-state index contributed by atoms with van der Waals surface area (Å²) in [6.07, 6.45) is 5.34. The predicted octanol–water partition coefficient (Wildman–Crippen LogP) is 1.93. The van der Waals surface area contributed by atoms with Crippen molar-refractivity contribution in [2.24, 2.45) is 0 Å². The van der Waals surface area contributed by atoms with Crippen LogP contribution in [-0.4, -0.2) is 40.5 Å². The first-order chi connectivity index (χ1) is 11.7. The topological polar surface area (TPSA) is 63.1 Å². The Labute approximate surface area is 139 Å². The van der Waals surface area contributed by atoms with Crippen LogP contribution in [-0.2, 0) is 6.42 Å². The average Bonchev–Trinajstić information content (AvgIpc) is 3.11. The van der Waals surface area contributed by atoms with E-state index in [1.165, 1.54) is 12.1 Å². The minimum Gasteiger partial charge on any atom is -0.317 e. The van der Waals surface area contributed by atoms with E-state index in [4.69, 9.17) is 0 Å². The number of halogens is 1. The first-order valence-electron chi connectivity index (χ1n) is 8.45. The van der Waals surface area contributed by atoms with Crippen molar-refractivity contribution < 1.29 is 9.18 Å². The van der Waals surface area contributed by atoms with Crippen LogP contribution in [0.4, 0.5) is 10.1 Å². The second-order valence-electron chi connectivity index (χ2n) is 6.40. The first kappa shape index (κ1) is 15.3. The number of hydrogen-bond donors (Lipinski definition) is 1. The summed E-state index contributed by atoms with van der Waals surface area (Å²) in [7, 11) is 0. The lowest BCUT2D eigenvalue weighted by atomic mass is 10.0. The van der Waals surface area contributed by atoms with E-state index in [0.717, 1.165) is 50.0 Å². The maximum absolute atomic E-state index is 13.4. The van der Waals surface area contributed by atoms with Gasteiger partial charge in [0, 0.05) is 12.2 Å². The highest BCUT2D eigenvalue weighted by atomic mass is 19.1. The Bertz CT molecular complexity index is 753. The van der Waals surface area contributed by atoms with Crippen molar-refractivity contribution in [1.82, 2.24) is 20.3 Å². The van der Waals surface area contributed by atoms with E-state index in [0.29, 0.717) is 18.3 Å². The second kappa shape index (κ2) is 6.32. The van der Waals surface area contributed by atoms with Crippen molar-refractivity contribution in [2.75, 3.05) is 24.5 Å². The van der Waals surface area contributed by atoms with Gasteiger partial charge in [-0.05, 0) is 62.5 Å². The van der Waals surface area contributed by atoms with Gasteiger partial charge < -0.3 is 10.2 Å². The number of anilines is 1. The summed E-state index contributed by atoms with van der Waals surface area (Å²) in [6.45, 7) is 2.54. The Kier molecular flexibility index (Phi) is 4.02. The number of amides is 1. The lowest BCUT2D eigenvalue weighted by Gasteiger charge is -2.28. The summed E-state index contributed by atoms with van der Waals surface area (Å²) in [6, 6.07) is 4.89. The molecule has 1 amide bonds. The average molecular weight is 329 g/mol. The summed E-state index contributed by atoms with van der Waals surface area (Å²) < 4.78 is 15.2. The SMILES string of the molecule is O=C(c1cn(C2CCNCC2)nn1)N1CCCc2cc(F)ccc21. The minimum atomic E-state index is -0.264. The molecule has 1 N–H and O–H groups in total. The van der Waals surface area contributed by atoms with Crippen LogP contribution in [0.2, 0.25) is 0 Å². The fourth-order valence-corrected chi connectivity index (χ4v) is 3.54. The van der Waals surface area contributed by atoms with Crippen LogP contribution in [0.5, 0.6) is 0 Å². The Hall–Kier alpha value is -2.28. The zero-order valence-electron chi connectivity index (χ0n) is 13.4. The number of nitrogens with one attached hydrogen (secondary N) is 1. The highest BCUT2D eigenvalue weighted by molar-refractivity contribution is 6.05. The Morgan fingerprint density at radius 1 is 1.29 bits per heavy atom. The number of fused-ring (bicyclic) bond motifs is 1. The van der Waals surface area contributed by atoms with Gasteiger partial charge in [-0.2, -0.15) is 0 Å². The van der Waals surface area contributed by atoms with Gasteiger partial charge >= 0.3 is 0 Å². The number of hydrogen-bond acceptors (Lipinski definition) is 4. The van der Waals surface area contributed by atoms with Crippen molar-refractivity contribution in [3.63, 3.8) is 0 Å². The second-order valence-corrected chi connectivity index (χ2v) is 6.40. The maximum atomic E-state index is 13.4. The van der Waals surface area contributed by atoms with E-state index >= 15 is 0 Å². The van der Waals surface area contributed by atoms with Crippen molar-refractivity contribution in [3.8, 4) is 0 Å². The number of rotatable bonds is 2. The van der Waals surface area contributed by atoms with Gasteiger partial charge in [-0.1, -0.05) is 5.21 Å². The number of aryl methyl sites for hydroxylation is 1. The largest absolute Gasteiger partial charge is 0.317 e. The van der Waals surface area contributed by atoms with Gasteiger partial charge in [0.1, 0.15) is 5.82 Å². The third-order valence-corrected chi connectivity index (χ3v) is 4.82. The van der Waals surface area contributed by atoms with Crippen LogP contribution >= 0.6 is 0 Å². The van der Waals surface area contributed by atoms with Crippen molar-refractivity contribution in [2.45, 2.75) is 31.7 Å². The minimum absolute atomic E-state index is 0.164. The number of benzene rings is 1. The molecule has 1 aromatic carbocycles. The summed E-state index contributed by atoms with van der Waals surface area (Å²) >= 11 is 0. The fraction of sp³-hybridized carbons (Fsp3) is 0.471. The Balaban J connectivity index is 1.57. The molecule has 126 valence electrons. The van der Waals surface area contributed by atoms with E-state index in [2.05, 4.69) is 15.6 Å². The zero-order chi connectivity index (χ0) is 16.5. The number of carbonyl (C=O) groups is 1. The van der Waals surface area contributed by atoms with Gasteiger partial charge in [-0.25, -0.2) is 9.07 Å². The van der Waals surface area contributed by atoms with E-state index in [-0.39, 0.29) is 11.7 Å². The monoisotopic (exact) mass is 329 g/mol. The molecule has 2 aliphatic rings. The van der Waals surface area contributed by atoms with Crippen LogP contribution in [0.25, 0.3) is 0 Å². The molecular formula is C17H20FN5O. The van der Waals surface area contributed by atoms with E-state index in [1.54, 1.807) is 17.2 Å². The number of aromatic nitrogens is 3. The smallest absolute Gasteiger partial charge is 0.280 e. The molecule has 0 unspecified atom stereocenters. The molecule has 3 heterocycles. The number of nitrogens with zero attached hydrogens (tertiary/aromatic N) is 4. The number of carbonyl (C=O) groups excluding carboxylic acids is 1. The molecule has 0 spiro atoms. The summed E-state index contributed by atoms with van der Waals surface area (Å²) in [5, 5.41) is 11.6. The van der Waals surface area contributed by atoms with Crippen molar-refractivity contribution in [3.05, 3.63) is 41.5 Å². The van der Waals surface area contributed by atoms with Gasteiger partial charge in [-0.15, -0.1) is 5.10 Å². The third-order valence-electron chi connectivity index (χ3n) is 4.82. The van der Waals surface area contributed by atoms with Gasteiger partial charge in [0.2, 0.25) is 0 Å². The van der Waals surface area contributed by atoms with Crippen LogP contribution in [0, 0.1) is 5.82 Å².